The molecule has 0 aliphatic carbocycles. The summed E-state index contributed by atoms with van der Waals surface area (Å²) in [6.07, 6.45) is 2.10. The highest BCUT2D eigenvalue weighted by atomic mass is 79.9. The van der Waals surface area contributed by atoms with Crippen molar-refractivity contribution in [1.29, 1.82) is 0 Å². The highest BCUT2D eigenvalue weighted by Crippen LogP contribution is 2.31. The van der Waals surface area contributed by atoms with Gasteiger partial charge in [-0.1, -0.05) is 43.1 Å². The van der Waals surface area contributed by atoms with E-state index in [4.69, 9.17) is 16.3 Å². The van der Waals surface area contributed by atoms with E-state index in [-0.39, 0.29) is 12.5 Å². The summed E-state index contributed by atoms with van der Waals surface area (Å²) in [5.41, 5.74) is 3.04. The average Bonchev–Trinajstić information content (AvgIpc) is 3.02. The van der Waals surface area contributed by atoms with Gasteiger partial charge in [0.1, 0.15) is 5.75 Å². The van der Waals surface area contributed by atoms with Crippen molar-refractivity contribution >= 4 is 49.9 Å². The molecule has 0 unspecified atom stereocenters. The number of aromatic nitrogens is 1. The number of benzene rings is 2. The van der Waals surface area contributed by atoms with Crippen LogP contribution < -0.4 is 10.1 Å². The monoisotopic (exact) mass is 478 g/mol. The van der Waals surface area contributed by atoms with Crippen LogP contribution in [0.4, 0.5) is 5.13 Å². The van der Waals surface area contributed by atoms with E-state index in [1.165, 1.54) is 16.9 Å². The molecule has 0 spiro atoms. The fraction of sp³-hybridized carbons (Fsp3) is 0.238. The van der Waals surface area contributed by atoms with E-state index in [1.807, 2.05) is 49.4 Å². The SMILES string of the molecule is CCCc1ccc(OCC(=O)Nc2nc(-c3ccc(Cl)cc3)c(C)s2)c(Br)c1. The van der Waals surface area contributed by atoms with E-state index >= 15 is 0 Å². The molecular weight excluding hydrogens is 460 g/mol. The fourth-order valence-corrected chi connectivity index (χ4v) is 4.25. The predicted molar refractivity (Wildman–Crippen MR) is 120 cm³/mol. The molecule has 4 nitrogen and oxygen atoms in total. The maximum atomic E-state index is 12.3. The first-order chi connectivity index (χ1) is 13.5. The number of hydrogen-bond acceptors (Lipinski definition) is 4. The van der Waals surface area contributed by atoms with Crippen LogP contribution in [-0.4, -0.2) is 17.5 Å². The largest absolute Gasteiger partial charge is 0.483 e. The Hall–Kier alpha value is -1.89. The Bertz CT molecular complexity index is 973. The normalized spacial score (nSPS) is 10.7. The molecule has 1 N–H and O–H groups in total. The van der Waals surface area contributed by atoms with Gasteiger partial charge in [0.25, 0.3) is 5.91 Å². The number of carbonyl (C=O) groups is 1. The lowest BCUT2D eigenvalue weighted by atomic mass is 10.1. The van der Waals surface area contributed by atoms with Gasteiger partial charge in [-0.25, -0.2) is 4.98 Å². The molecule has 0 bridgehead atoms. The van der Waals surface area contributed by atoms with E-state index in [0.717, 1.165) is 33.4 Å². The fourth-order valence-electron chi connectivity index (χ4n) is 2.73. The summed E-state index contributed by atoms with van der Waals surface area (Å²) in [6, 6.07) is 13.4. The van der Waals surface area contributed by atoms with Gasteiger partial charge in [-0.15, -0.1) is 11.3 Å². The summed E-state index contributed by atoms with van der Waals surface area (Å²) >= 11 is 10.9. The third-order valence-electron chi connectivity index (χ3n) is 4.05. The topological polar surface area (TPSA) is 51.2 Å². The number of nitrogens with one attached hydrogen (secondary N) is 1. The molecule has 0 aliphatic rings. The summed E-state index contributed by atoms with van der Waals surface area (Å²) < 4.78 is 6.49. The van der Waals surface area contributed by atoms with Crippen LogP contribution in [0.25, 0.3) is 11.3 Å². The molecule has 3 rings (SSSR count). The minimum atomic E-state index is -0.249. The summed E-state index contributed by atoms with van der Waals surface area (Å²) in [7, 11) is 0. The molecule has 0 radical (unpaired) electrons. The van der Waals surface area contributed by atoms with Gasteiger partial charge in [-0.3, -0.25) is 10.1 Å². The molecule has 7 heteroatoms. The van der Waals surface area contributed by atoms with Crippen molar-refractivity contribution in [2.45, 2.75) is 26.7 Å². The maximum absolute atomic E-state index is 12.3. The molecule has 3 aromatic rings. The number of aryl methyl sites for hydroxylation is 2. The Morgan fingerprint density at radius 1 is 1.25 bits per heavy atom. The van der Waals surface area contributed by atoms with Crippen LogP contribution in [0.1, 0.15) is 23.8 Å². The van der Waals surface area contributed by atoms with Gasteiger partial charge in [0.15, 0.2) is 11.7 Å². The lowest BCUT2D eigenvalue weighted by Crippen LogP contribution is -2.20. The minimum Gasteiger partial charge on any atom is -0.483 e. The Labute approximate surface area is 182 Å². The van der Waals surface area contributed by atoms with Gasteiger partial charge in [0.05, 0.1) is 10.2 Å². The lowest BCUT2D eigenvalue weighted by molar-refractivity contribution is -0.118. The molecule has 146 valence electrons. The molecule has 1 heterocycles. The first kappa shape index (κ1) is 20.8. The molecular formula is C21H20BrClN2O2S. The van der Waals surface area contributed by atoms with E-state index in [1.54, 1.807) is 0 Å². The number of nitrogens with zero attached hydrogens (tertiary/aromatic N) is 1. The van der Waals surface area contributed by atoms with E-state index < -0.39 is 0 Å². The molecule has 28 heavy (non-hydrogen) atoms. The zero-order chi connectivity index (χ0) is 20.1. The molecule has 0 saturated carbocycles. The average molecular weight is 480 g/mol. The van der Waals surface area contributed by atoms with Crippen molar-refractivity contribution in [3.63, 3.8) is 0 Å². The van der Waals surface area contributed by atoms with Crippen LogP contribution >= 0.6 is 38.9 Å². The van der Waals surface area contributed by atoms with Gasteiger partial charge in [0.2, 0.25) is 0 Å². The van der Waals surface area contributed by atoms with Gasteiger partial charge in [0, 0.05) is 15.5 Å². The Kier molecular flexibility index (Phi) is 7.10. The standard InChI is InChI=1S/C21H20BrClN2O2S/c1-3-4-14-5-10-18(17(22)11-14)27-12-19(26)24-21-25-20(13(2)28-21)15-6-8-16(23)9-7-15/h5-11H,3-4,12H2,1-2H3,(H,24,25,26). The summed E-state index contributed by atoms with van der Waals surface area (Å²) in [6.45, 7) is 4.03. The summed E-state index contributed by atoms with van der Waals surface area (Å²) in [5, 5.41) is 4.03. The highest BCUT2D eigenvalue weighted by molar-refractivity contribution is 9.10. The van der Waals surface area contributed by atoms with Crippen LogP contribution in [0.2, 0.25) is 5.02 Å². The second-order valence-electron chi connectivity index (χ2n) is 6.28. The van der Waals surface area contributed by atoms with E-state index in [2.05, 4.69) is 33.2 Å². The number of hydrogen-bond donors (Lipinski definition) is 1. The van der Waals surface area contributed by atoms with Crippen molar-refractivity contribution in [2.75, 3.05) is 11.9 Å². The smallest absolute Gasteiger partial charge is 0.264 e. The predicted octanol–water partition coefficient (Wildman–Crippen LogP) is 6.50. The van der Waals surface area contributed by atoms with E-state index in [0.29, 0.717) is 15.9 Å². The second kappa shape index (κ2) is 9.54. The number of carbonyl (C=O) groups excluding carboxylic acids is 1. The van der Waals surface area contributed by atoms with Crippen LogP contribution in [0, 0.1) is 6.92 Å². The quantitative estimate of drug-likeness (QED) is 0.420. The van der Waals surface area contributed by atoms with Gasteiger partial charge in [-0.05, 0) is 59.1 Å². The Morgan fingerprint density at radius 3 is 2.68 bits per heavy atom. The first-order valence-electron chi connectivity index (χ1n) is 8.90. The van der Waals surface area contributed by atoms with Crippen LogP contribution in [0.3, 0.4) is 0 Å². The number of anilines is 1. The number of rotatable bonds is 7. The molecule has 1 amide bonds. The Morgan fingerprint density at radius 2 is 2.00 bits per heavy atom. The second-order valence-corrected chi connectivity index (χ2v) is 8.78. The number of amides is 1. The van der Waals surface area contributed by atoms with Crippen molar-refractivity contribution < 1.29 is 9.53 Å². The highest BCUT2D eigenvalue weighted by Gasteiger charge is 2.13. The minimum absolute atomic E-state index is 0.0827. The molecule has 0 fully saturated rings. The van der Waals surface area contributed by atoms with E-state index in [9.17, 15) is 4.79 Å². The zero-order valence-corrected chi connectivity index (χ0v) is 18.7. The third kappa shape index (κ3) is 5.34. The number of ether oxygens (including phenoxy) is 1. The number of thiazole rings is 1. The van der Waals surface area contributed by atoms with Gasteiger partial charge < -0.3 is 4.74 Å². The van der Waals surface area contributed by atoms with Crippen molar-refractivity contribution in [1.82, 2.24) is 4.98 Å². The summed E-state index contributed by atoms with van der Waals surface area (Å²) in [5.74, 6) is 0.396. The maximum Gasteiger partial charge on any atom is 0.264 e. The van der Waals surface area contributed by atoms with Crippen LogP contribution in [0.15, 0.2) is 46.9 Å². The lowest BCUT2D eigenvalue weighted by Gasteiger charge is -2.09. The molecule has 0 aliphatic heterocycles. The van der Waals surface area contributed by atoms with Crippen molar-refractivity contribution in [2.24, 2.45) is 0 Å². The molecule has 0 saturated heterocycles. The van der Waals surface area contributed by atoms with Crippen LogP contribution in [0.5, 0.6) is 5.75 Å². The van der Waals surface area contributed by atoms with Gasteiger partial charge in [-0.2, -0.15) is 0 Å². The zero-order valence-electron chi connectivity index (χ0n) is 15.6. The summed E-state index contributed by atoms with van der Waals surface area (Å²) in [4.78, 5) is 17.8. The molecule has 2 aromatic carbocycles. The van der Waals surface area contributed by atoms with Crippen molar-refractivity contribution in [3.05, 3.63) is 62.4 Å². The number of halogens is 2. The first-order valence-corrected chi connectivity index (χ1v) is 10.9. The van der Waals surface area contributed by atoms with Crippen molar-refractivity contribution in [3.8, 4) is 17.0 Å². The molecule has 1 aromatic heterocycles. The van der Waals surface area contributed by atoms with Gasteiger partial charge >= 0.3 is 0 Å². The molecule has 0 atom stereocenters. The van der Waals surface area contributed by atoms with Crippen LogP contribution in [-0.2, 0) is 11.2 Å². The third-order valence-corrected chi connectivity index (χ3v) is 5.81. The Balaban J connectivity index is 1.61.